The van der Waals surface area contributed by atoms with Crippen molar-refractivity contribution in [2.24, 2.45) is 7.05 Å². The largest absolute Gasteiger partial charge is 0.454 e. The van der Waals surface area contributed by atoms with E-state index in [1.54, 1.807) is 0 Å². The van der Waals surface area contributed by atoms with Gasteiger partial charge in [0.15, 0.2) is 11.5 Å². The van der Waals surface area contributed by atoms with E-state index in [-0.39, 0.29) is 12.9 Å². The molecule has 5 rings (SSSR count). The number of aromatic nitrogens is 1. The molecule has 1 atom stereocenters. The van der Waals surface area contributed by atoms with Crippen molar-refractivity contribution in [3.8, 4) is 11.5 Å². The molecule has 0 saturated heterocycles. The van der Waals surface area contributed by atoms with Gasteiger partial charge in [0.1, 0.15) is 0 Å². The van der Waals surface area contributed by atoms with Crippen molar-refractivity contribution >= 4 is 22.3 Å². The Bertz CT molecular complexity index is 977. The normalized spacial score (nSPS) is 18.4. The number of nitrogens with zero attached hydrogens (tertiary/aromatic N) is 1. The van der Waals surface area contributed by atoms with Gasteiger partial charge in [0.25, 0.3) is 0 Å². The van der Waals surface area contributed by atoms with Crippen LogP contribution in [0.25, 0.3) is 10.9 Å². The highest BCUT2D eigenvalue weighted by Gasteiger charge is 2.23. The highest BCUT2D eigenvalue weighted by molar-refractivity contribution is 5.89. The van der Waals surface area contributed by atoms with Crippen LogP contribution in [0.5, 0.6) is 11.5 Å². The molecule has 128 valence electrons. The maximum Gasteiger partial charge on any atom is 0.231 e. The average molecular weight is 336 g/mol. The lowest BCUT2D eigenvalue weighted by Crippen LogP contribution is -2.19. The van der Waals surface area contributed by atoms with Crippen molar-refractivity contribution < 1.29 is 14.6 Å². The van der Waals surface area contributed by atoms with E-state index < -0.39 is 0 Å². The van der Waals surface area contributed by atoms with Crippen LogP contribution in [0, 0.1) is 0 Å². The fourth-order valence-electron chi connectivity index (χ4n) is 3.98. The van der Waals surface area contributed by atoms with Gasteiger partial charge in [0.05, 0.1) is 6.10 Å². The maximum atomic E-state index is 10.1. The smallest absolute Gasteiger partial charge is 0.231 e. The molecule has 0 spiro atoms. The van der Waals surface area contributed by atoms with Crippen molar-refractivity contribution in [2.45, 2.75) is 25.4 Å². The second kappa shape index (κ2) is 5.43. The number of ether oxygens (including phenoxy) is 2. The van der Waals surface area contributed by atoms with Gasteiger partial charge in [-0.25, -0.2) is 0 Å². The van der Waals surface area contributed by atoms with Crippen molar-refractivity contribution in [1.82, 2.24) is 4.57 Å². The Morgan fingerprint density at radius 1 is 1.08 bits per heavy atom. The zero-order valence-corrected chi connectivity index (χ0v) is 14.1. The molecule has 1 aromatic heterocycles. The minimum absolute atomic E-state index is 0.233. The van der Waals surface area contributed by atoms with Crippen LogP contribution in [0.15, 0.2) is 36.4 Å². The summed E-state index contributed by atoms with van der Waals surface area (Å²) in [4.78, 5) is 0. The van der Waals surface area contributed by atoms with Crippen LogP contribution in [-0.2, 0) is 19.9 Å². The summed E-state index contributed by atoms with van der Waals surface area (Å²) in [6.07, 6.45) is 2.29. The summed E-state index contributed by atoms with van der Waals surface area (Å²) in [5, 5.41) is 14.7. The Balaban J connectivity index is 1.53. The molecule has 3 aromatic rings. The molecule has 1 unspecified atom stereocenters. The van der Waals surface area contributed by atoms with E-state index in [4.69, 9.17) is 9.47 Å². The minimum atomic E-state index is -0.233. The van der Waals surface area contributed by atoms with Crippen LogP contribution in [0.1, 0.15) is 17.7 Å². The number of benzene rings is 2. The monoisotopic (exact) mass is 336 g/mol. The first-order chi connectivity index (χ1) is 12.2. The molecule has 2 aromatic carbocycles. The van der Waals surface area contributed by atoms with Gasteiger partial charge in [-0.2, -0.15) is 0 Å². The summed E-state index contributed by atoms with van der Waals surface area (Å²) in [6, 6.07) is 12.3. The SMILES string of the molecule is Cn1c2c(c3cc(Nc4ccc5c(c4)OCO5)ccc31)CC(O)CC2. The quantitative estimate of drug-likeness (QED) is 0.752. The minimum Gasteiger partial charge on any atom is -0.454 e. The third kappa shape index (κ3) is 2.35. The predicted molar refractivity (Wildman–Crippen MR) is 96.8 cm³/mol. The Hall–Kier alpha value is -2.66. The van der Waals surface area contributed by atoms with Gasteiger partial charge in [0, 0.05) is 47.5 Å². The van der Waals surface area contributed by atoms with Gasteiger partial charge in [0.2, 0.25) is 6.79 Å². The lowest BCUT2D eigenvalue weighted by Gasteiger charge is -2.18. The lowest BCUT2D eigenvalue weighted by atomic mass is 9.93. The van der Waals surface area contributed by atoms with E-state index in [0.29, 0.717) is 0 Å². The first-order valence-electron chi connectivity index (χ1n) is 8.64. The van der Waals surface area contributed by atoms with E-state index in [1.165, 1.54) is 22.2 Å². The highest BCUT2D eigenvalue weighted by Crippen LogP contribution is 2.37. The van der Waals surface area contributed by atoms with Crippen molar-refractivity contribution in [2.75, 3.05) is 12.1 Å². The molecule has 5 heteroatoms. The number of hydrogen-bond donors (Lipinski definition) is 2. The van der Waals surface area contributed by atoms with Crippen LogP contribution >= 0.6 is 0 Å². The van der Waals surface area contributed by atoms with Crippen LogP contribution in [0.4, 0.5) is 11.4 Å². The van der Waals surface area contributed by atoms with E-state index in [9.17, 15) is 5.11 Å². The average Bonchev–Trinajstić information content (AvgIpc) is 3.18. The number of aliphatic hydroxyl groups excluding tert-OH is 1. The molecule has 1 aliphatic heterocycles. The predicted octanol–water partition coefficient (Wildman–Crippen LogP) is 3.50. The summed E-state index contributed by atoms with van der Waals surface area (Å²) in [7, 11) is 2.11. The van der Waals surface area contributed by atoms with Gasteiger partial charge in [-0.15, -0.1) is 0 Å². The summed E-state index contributed by atoms with van der Waals surface area (Å²) in [5.74, 6) is 1.55. The van der Waals surface area contributed by atoms with Gasteiger partial charge >= 0.3 is 0 Å². The summed E-state index contributed by atoms with van der Waals surface area (Å²) >= 11 is 0. The van der Waals surface area contributed by atoms with Crippen molar-refractivity contribution in [1.29, 1.82) is 0 Å². The molecule has 0 amide bonds. The highest BCUT2D eigenvalue weighted by atomic mass is 16.7. The molecule has 0 fully saturated rings. The zero-order chi connectivity index (χ0) is 17.0. The first-order valence-corrected chi connectivity index (χ1v) is 8.64. The van der Waals surface area contributed by atoms with Crippen LogP contribution < -0.4 is 14.8 Å². The number of hydrogen-bond acceptors (Lipinski definition) is 4. The second-order valence-corrected chi connectivity index (χ2v) is 6.81. The molecule has 1 aliphatic carbocycles. The molecule has 0 saturated carbocycles. The number of rotatable bonds is 2. The summed E-state index contributed by atoms with van der Waals surface area (Å²) in [5.41, 5.74) is 5.84. The summed E-state index contributed by atoms with van der Waals surface area (Å²) in [6.45, 7) is 0.281. The number of aryl methyl sites for hydroxylation is 1. The van der Waals surface area contributed by atoms with Crippen LogP contribution in [0.3, 0.4) is 0 Å². The van der Waals surface area contributed by atoms with Gasteiger partial charge < -0.3 is 24.5 Å². The van der Waals surface area contributed by atoms with Crippen molar-refractivity contribution in [3.05, 3.63) is 47.7 Å². The van der Waals surface area contributed by atoms with Crippen LogP contribution in [0.2, 0.25) is 0 Å². The molecule has 2 N–H and O–H groups in total. The second-order valence-electron chi connectivity index (χ2n) is 6.81. The fraction of sp³-hybridized carbons (Fsp3) is 0.300. The molecule has 5 nitrogen and oxygen atoms in total. The lowest BCUT2D eigenvalue weighted by molar-refractivity contribution is 0.158. The van der Waals surface area contributed by atoms with Gasteiger partial charge in [-0.3, -0.25) is 0 Å². The van der Waals surface area contributed by atoms with Gasteiger partial charge in [-0.1, -0.05) is 0 Å². The molecular weight excluding hydrogens is 316 g/mol. The van der Waals surface area contributed by atoms with E-state index in [1.807, 2.05) is 18.2 Å². The van der Waals surface area contributed by atoms with E-state index in [2.05, 4.69) is 35.1 Å². The number of anilines is 2. The van der Waals surface area contributed by atoms with Crippen LogP contribution in [-0.4, -0.2) is 22.6 Å². The molecule has 0 radical (unpaired) electrons. The Morgan fingerprint density at radius 3 is 2.80 bits per heavy atom. The number of aliphatic hydroxyl groups is 1. The third-order valence-electron chi connectivity index (χ3n) is 5.25. The topological polar surface area (TPSA) is 55.7 Å². The van der Waals surface area contributed by atoms with Gasteiger partial charge in [-0.05, 0) is 48.7 Å². The first kappa shape index (κ1) is 14.7. The third-order valence-corrected chi connectivity index (χ3v) is 5.25. The molecule has 0 bridgehead atoms. The maximum absolute atomic E-state index is 10.1. The summed E-state index contributed by atoms with van der Waals surface area (Å²) < 4.78 is 13.1. The zero-order valence-electron chi connectivity index (χ0n) is 14.1. The number of fused-ring (bicyclic) bond motifs is 4. The molecular formula is C20H20N2O3. The fourth-order valence-corrected chi connectivity index (χ4v) is 3.98. The standard InChI is InChI=1S/C20H20N2O3/c1-22-17-5-2-12(8-15(17)16-10-14(23)4-6-18(16)22)21-13-3-7-19-20(9-13)25-11-24-19/h2-3,5,7-9,14,21,23H,4,6,10-11H2,1H3. The molecule has 25 heavy (non-hydrogen) atoms. The Morgan fingerprint density at radius 2 is 1.88 bits per heavy atom. The Labute approximate surface area is 145 Å². The van der Waals surface area contributed by atoms with Crippen molar-refractivity contribution in [3.63, 3.8) is 0 Å². The molecule has 2 aliphatic rings. The Kier molecular flexibility index (Phi) is 3.18. The van der Waals surface area contributed by atoms with E-state index >= 15 is 0 Å². The van der Waals surface area contributed by atoms with E-state index in [0.717, 1.165) is 42.1 Å². The molecule has 2 heterocycles. The number of nitrogens with one attached hydrogen (secondary N) is 1.